The number of aromatic nitrogens is 2. The summed E-state index contributed by atoms with van der Waals surface area (Å²) >= 11 is 0. The van der Waals surface area contributed by atoms with Crippen LogP contribution < -0.4 is 10.2 Å². The van der Waals surface area contributed by atoms with Crippen molar-refractivity contribution >= 4 is 11.7 Å². The second-order valence-corrected chi connectivity index (χ2v) is 5.59. The fourth-order valence-electron chi connectivity index (χ4n) is 2.58. The summed E-state index contributed by atoms with van der Waals surface area (Å²) in [6.45, 7) is 7.52. The number of ether oxygens (including phenoxy) is 1. The third-order valence-corrected chi connectivity index (χ3v) is 3.70. The summed E-state index contributed by atoms with van der Waals surface area (Å²) in [5.41, 5.74) is 0.356. The van der Waals surface area contributed by atoms with Gasteiger partial charge in [-0.05, 0) is 25.7 Å². The molecule has 1 N–H and O–H groups in total. The Hall–Kier alpha value is -1.69. The first-order chi connectivity index (χ1) is 10.7. The van der Waals surface area contributed by atoms with Crippen LogP contribution in [0.15, 0.2) is 12.4 Å². The SMILES string of the molecule is CCCN(CCC)c1cnc(C(=O)NCC2CCCO2)cn1. The molecule has 1 aromatic heterocycles. The molecule has 0 radical (unpaired) electrons. The van der Waals surface area contributed by atoms with E-state index in [1.807, 2.05) is 0 Å². The standard InChI is InChI=1S/C16H26N4O2/c1-3-7-20(8-4-2)15-12-17-14(11-18-15)16(21)19-10-13-6-5-9-22-13/h11-13H,3-10H2,1-2H3,(H,19,21). The Morgan fingerprint density at radius 2 is 2.09 bits per heavy atom. The van der Waals surface area contributed by atoms with Crippen molar-refractivity contribution in [3.05, 3.63) is 18.1 Å². The van der Waals surface area contributed by atoms with Crippen LogP contribution in [0.5, 0.6) is 0 Å². The summed E-state index contributed by atoms with van der Waals surface area (Å²) < 4.78 is 5.49. The first-order valence-electron chi connectivity index (χ1n) is 8.21. The van der Waals surface area contributed by atoms with Crippen LogP contribution in [0.2, 0.25) is 0 Å². The minimum Gasteiger partial charge on any atom is -0.376 e. The van der Waals surface area contributed by atoms with E-state index in [9.17, 15) is 4.79 Å². The van der Waals surface area contributed by atoms with Gasteiger partial charge in [-0.25, -0.2) is 9.97 Å². The van der Waals surface area contributed by atoms with E-state index in [2.05, 4.69) is 34.0 Å². The molecule has 1 unspecified atom stereocenters. The molecule has 2 heterocycles. The predicted molar refractivity (Wildman–Crippen MR) is 86.1 cm³/mol. The normalized spacial score (nSPS) is 17.5. The zero-order valence-electron chi connectivity index (χ0n) is 13.5. The molecule has 1 fully saturated rings. The smallest absolute Gasteiger partial charge is 0.271 e. The number of hydrogen-bond acceptors (Lipinski definition) is 5. The maximum absolute atomic E-state index is 12.1. The maximum atomic E-state index is 12.1. The first-order valence-corrected chi connectivity index (χ1v) is 8.21. The lowest BCUT2D eigenvalue weighted by Gasteiger charge is -2.22. The van der Waals surface area contributed by atoms with Crippen molar-refractivity contribution in [2.45, 2.75) is 45.6 Å². The van der Waals surface area contributed by atoms with E-state index >= 15 is 0 Å². The van der Waals surface area contributed by atoms with Crippen LogP contribution in [-0.4, -0.2) is 48.2 Å². The Balaban J connectivity index is 1.90. The number of nitrogens with zero attached hydrogens (tertiary/aromatic N) is 3. The van der Waals surface area contributed by atoms with Crippen LogP contribution in [0, 0.1) is 0 Å². The third-order valence-electron chi connectivity index (χ3n) is 3.70. The molecule has 22 heavy (non-hydrogen) atoms. The lowest BCUT2D eigenvalue weighted by molar-refractivity contribution is 0.0853. The van der Waals surface area contributed by atoms with Crippen molar-refractivity contribution < 1.29 is 9.53 Å². The van der Waals surface area contributed by atoms with Crippen LogP contribution in [0.1, 0.15) is 50.0 Å². The first kappa shape index (κ1) is 16.7. The molecular formula is C16H26N4O2. The molecule has 0 bridgehead atoms. The number of carbonyl (C=O) groups is 1. The molecule has 1 aromatic rings. The van der Waals surface area contributed by atoms with E-state index in [-0.39, 0.29) is 12.0 Å². The van der Waals surface area contributed by atoms with Gasteiger partial charge in [0.05, 0.1) is 18.5 Å². The van der Waals surface area contributed by atoms with Crippen LogP contribution in [0.25, 0.3) is 0 Å². The summed E-state index contributed by atoms with van der Waals surface area (Å²) in [6, 6.07) is 0. The summed E-state index contributed by atoms with van der Waals surface area (Å²) in [5.74, 6) is 0.645. The van der Waals surface area contributed by atoms with Gasteiger partial charge in [0, 0.05) is 26.2 Å². The quantitative estimate of drug-likeness (QED) is 0.796. The van der Waals surface area contributed by atoms with Crippen LogP contribution in [0.3, 0.4) is 0 Å². The van der Waals surface area contributed by atoms with Gasteiger partial charge in [0.25, 0.3) is 5.91 Å². The third kappa shape index (κ3) is 4.66. The zero-order valence-corrected chi connectivity index (χ0v) is 13.5. The van der Waals surface area contributed by atoms with Gasteiger partial charge < -0.3 is 15.0 Å². The summed E-state index contributed by atoms with van der Waals surface area (Å²) in [4.78, 5) is 22.9. The van der Waals surface area contributed by atoms with Crippen molar-refractivity contribution in [1.82, 2.24) is 15.3 Å². The maximum Gasteiger partial charge on any atom is 0.271 e. The summed E-state index contributed by atoms with van der Waals surface area (Å²) in [6.07, 6.45) is 7.58. The van der Waals surface area contributed by atoms with Crippen molar-refractivity contribution in [2.75, 3.05) is 31.1 Å². The van der Waals surface area contributed by atoms with Gasteiger partial charge in [-0.1, -0.05) is 13.8 Å². The Kier molecular flexibility index (Phi) is 6.58. The average Bonchev–Trinajstić information content (AvgIpc) is 3.06. The van der Waals surface area contributed by atoms with E-state index in [0.29, 0.717) is 12.2 Å². The largest absolute Gasteiger partial charge is 0.376 e. The molecular weight excluding hydrogens is 280 g/mol. The van der Waals surface area contributed by atoms with Gasteiger partial charge in [0.2, 0.25) is 0 Å². The Labute approximate surface area is 132 Å². The molecule has 122 valence electrons. The second kappa shape index (κ2) is 8.68. The molecule has 0 aromatic carbocycles. The minimum absolute atomic E-state index is 0.140. The van der Waals surface area contributed by atoms with E-state index in [4.69, 9.17) is 4.74 Å². The molecule has 1 aliphatic rings. The summed E-state index contributed by atoms with van der Waals surface area (Å²) in [5, 5.41) is 2.86. The fourth-order valence-corrected chi connectivity index (χ4v) is 2.58. The highest BCUT2D eigenvalue weighted by Gasteiger charge is 2.17. The fraction of sp³-hybridized carbons (Fsp3) is 0.688. The van der Waals surface area contributed by atoms with E-state index in [1.54, 1.807) is 12.4 Å². The van der Waals surface area contributed by atoms with Crippen molar-refractivity contribution in [3.63, 3.8) is 0 Å². The van der Waals surface area contributed by atoms with Gasteiger partial charge in [-0.3, -0.25) is 4.79 Å². The molecule has 1 atom stereocenters. The van der Waals surface area contributed by atoms with Crippen molar-refractivity contribution in [1.29, 1.82) is 0 Å². The van der Waals surface area contributed by atoms with Gasteiger partial charge in [0.1, 0.15) is 11.5 Å². The molecule has 1 aliphatic heterocycles. The number of rotatable bonds is 8. The van der Waals surface area contributed by atoms with Crippen molar-refractivity contribution in [3.8, 4) is 0 Å². The molecule has 0 saturated carbocycles. The number of hydrogen-bond donors (Lipinski definition) is 1. The molecule has 6 heteroatoms. The average molecular weight is 306 g/mol. The monoisotopic (exact) mass is 306 g/mol. The number of nitrogens with one attached hydrogen (secondary N) is 1. The molecule has 1 saturated heterocycles. The predicted octanol–water partition coefficient (Wildman–Crippen LogP) is 2.01. The van der Waals surface area contributed by atoms with Gasteiger partial charge in [0.15, 0.2) is 0 Å². The highest BCUT2D eigenvalue weighted by molar-refractivity contribution is 5.92. The second-order valence-electron chi connectivity index (χ2n) is 5.59. The topological polar surface area (TPSA) is 67.4 Å². The molecule has 1 amide bonds. The zero-order chi connectivity index (χ0) is 15.8. The van der Waals surface area contributed by atoms with Crippen LogP contribution >= 0.6 is 0 Å². The Bertz CT molecular complexity index is 452. The van der Waals surface area contributed by atoms with Gasteiger partial charge >= 0.3 is 0 Å². The molecule has 2 rings (SSSR count). The molecule has 0 spiro atoms. The van der Waals surface area contributed by atoms with Gasteiger partial charge in [-0.2, -0.15) is 0 Å². The molecule has 0 aliphatic carbocycles. The molecule has 6 nitrogen and oxygen atoms in total. The van der Waals surface area contributed by atoms with Crippen molar-refractivity contribution in [2.24, 2.45) is 0 Å². The Morgan fingerprint density at radius 1 is 1.32 bits per heavy atom. The van der Waals surface area contributed by atoms with Gasteiger partial charge in [-0.15, -0.1) is 0 Å². The number of carbonyl (C=O) groups excluding carboxylic acids is 1. The minimum atomic E-state index is -0.188. The van der Waals surface area contributed by atoms with E-state index < -0.39 is 0 Å². The lowest BCUT2D eigenvalue weighted by Crippen LogP contribution is -2.32. The number of anilines is 1. The van der Waals surface area contributed by atoms with Crippen LogP contribution in [-0.2, 0) is 4.74 Å². The lowest BCUT2D eigenvalue weighted by atomic mass is 10.2. The van der Waals surface area contributed by atoms with E-state index in [1.165, 1.54) is 0 Å². The highest BCUT2D eigenvalue weighted by Crippen LogP contribution is 2.12. The van der Waals surface area contributed by atoms with E-state index in [0.717, 1.165) is 51.2 Å². The summed E-state index contributed by atoms with van der Waals surface area (Å²) in [7, 11) is 0. The highest BCUT2D eigenvalue weighted by atomic mass is 16.5. The Morgan fingerprint density at radius 3 is 2.64 bits per heavy atom. The number of amides is 1. The van der Waals surface area contributed by atoms with Crippen LogP contribution in [0.4, 0.5) is 5.82 Å².